The van der Waals surface area contributed by atoms with Gasteiger partial charge in [0.05, 0.1) is 32.1 Å². The van der Waals surface area contributed by atoms with Gasteiger partial charge in [0.1, 0.15) is 11.6 Å². The van der Waals surface area contributed by atoms with Gasteiger partial charge >= 0.3 is 0 Å². The van der Waals surface area contributed by atoms with Crippen molar-refractivity contribution in [3.8, 4) is 22.8 Å². The Morgan fingerprint density at radius 2 is 1.97 bits per heavy atom. The third-order valence-electron chi connectivity index (χ3n) is 5.46. The van der Waals surface area contributed by atoms with E-state index < -0.39 is 0 Å². The van der Waals surface area contributed by atoms with Gasteiger partial charge < -0.3 is 19.9 Å². The largest absolute Gasteiger partial charge is 0.495 e. The topological polar surface area (TPSA) is 106 Å². The standard InChI is InChI=1S/C24H26N4O4/c1-15-26-13-21(16-3-5-17(6-4-16)23(30)25-9-10-29)24(28-15)32-14-18-11-20(18)22-8-7-19(31-2)12-27-22/h3-8,12-13,18,20,29H,9-11,14H2,1-2H3,(H,25,30)/t18-,20+/m1/s1. The van der Waals surface area contributed by atoms with Crippen LogP contribution in [0.5, 0.6) is 11.6 Å². The summed E-state index contributed by atoms with van der Waals surface area (Å²) in [5.41, 5.74) is 3.21. The van der Waals surface area contributed by atoms with Crippen molar-refractivity contribution in [2.45, 2.75) is 19.3 Å². The van der Waals surface area contributed by atoms with Crippen LogP contribution < -0.4 is 14.8 Å². The molecule has 3 aromatic rings. The summed E-state index contributed by atoms with van der Waals surface area (Å²) in [6, 6.07) is 11.1. The highest BCUT2D eigenvalue weighted by Crippen LogP contribution is 2.47. The van der Waals surface area contributed by atoms with E-state index in [2.05, 4.69) is 20.3 Å². The van der Waals surface area contributed by atoms with Gasteiger partial charge in [-0.3, -0.25) is 9.78 Å². The number of hydrogen-bond donors (Lipinski definition) is 2. The van der Waals surface area contributed by atoms with E-state index in [1.807, 2.05) is 31.2 Å². The first-order valence-electron chi connectivity index (χ1n) is 10.5. The predicted molar refractivity (Wildman–Crippen MR) is 119 cm³/mol. The van der Waals surface area contributed by atoms with Crippen LogP contribution in [0.3, 0.4) is 0 Å². The number of pyridine rings is 1. The lowest BCUT2D eigenvalue weighted by molar-refractivity contribution is 0.0945. The van der Waals surface area contributed by atoms with Crippen LogP contribution in [0.25, 0.3) is 11.1 Å². The molecule has 0 spiro atoms. The second kappa shape index (κ2) is 9.74. The van der Waals surface area contributed by atoms with Crippen molar-refractivity contribution >= 4 is 5.91 Å². The molecule has 0 bridgehead atoms. The number of methoxy groups -OCH3 is 1. The van der Waals surface area contributed by atoms with Gasteiger partial charge in [0.15, 0.2) is 0 Å². The minimum atomic E-state index is -0.228. The summed E-state index contributed by atoms with van der Waals surface area (Å²) >= 11 is 0. The quantitative estimate of drug-likeness (QED) is 0.533. The Bertz CT molecular complexity index is 1070. The van der Waals surface area contributed by atoms with E-state index in [0.29, 0.717) is 35.7 Å². The molecule has 0 aliphatic heterocycles. The molecule has 166 valence electrons. The maximum atomic E-state index is 12.0. The summed E-state index contributed by atoms with van der Waals surface area (Å²) in [7, 11) is 1.63. The summed E-state index contributed by atoms with van der Waals surface area (Å²) in [5, 5.41) is 11.5. The predicted octanol–water partition coefficient (Wildman–Crippen LogP) is 2.76. The molecule has 0 radical (unpaired) electrons. The van der Waals surface area contributed by atoms with Crippen molar-refractivity contribution < 1.29 is 19.4 Å². The van der Waals surface area contributed by atoms with Crippen LogP contribution in [0.4, 0.5) is 0 Å². The third kappa shape index (κ3) is 5.03. The molecule has 2 N–H and O–H groups in total. The number of nitrogens with zero attached hydrogens (tertiary/aromatic N) is 3. The van der Waals surface area contributed by atoms with E-state index in [1.54, 1.807) is 31.6 Å². The zero-order valence-electron chi connectivity index (χ0n) is 18.1. The Kier molecular flexibility index (Phi) is 6.61. The maximum Gasteiger partial charge on any atom is 0.251 e. The second-order valence-electron chi connectivity index (χ2n) is 7.73. The monoisotopic (exact) mass is 434 g/mol. The van der Waals surface area contributed by atoms with Crippen molar-refractivity contribution in [1.29, 1.82) is 0 Å². The van der Waals surface area contributed by atoms with E-state index >= 15 is 0 Å². The van der Waals surface area contributed by atoms with Crippen LogP contribution in [0.1, 0.15) is 34.2 Å². The van der Waals surface area contributed by atoms with Crippen molar-refractivity contribution in [1.82, 2.24) is 20.3 Å². The molecular weight excluding hydrogens is 408 g/mol. The summed E-state index contributed by atoms with van der Waals surface area (Å²) in [6.45, 7) is 2.50. The maximum absolute atomic E-state index is 12.0. The van der Waals surface area contributed by atoms with Crippen LogP contribution in [-0.4, -0.2) is 52.8 Å². The highest BCUT2D eigenvalue weighted by atomic mass is 16.5. The second-order valence-corrected chi connectivity index (χ2v) is 7.73. The third-order valence-corrected chi connectivity index (χ3v) is 5.46. The van der Waals surface area contributed by atoms with Crippen LogP contribution in [-0.2, 0) is 0 Å². The number of amides is 1. The van der Waals surface area contributed by atoms with Gasteiger partial charge in [0.2, 0.25) is 5.88 Å². The van der Waals surface area contributed by atoms with Gasteiger partial charge in [-0.25, -0.2) is 4.98 Å². The lowest BCUT2D eigenvalue weighted by atomic mass is 10.1. The normalized spacial score (nSPS) is 17.0. The number of aryl methyl sites for hydroxylation is 1. The molecule has 1 fully saturated rings. The molecule has 4 rings (SSSR count). The lowest BCUT2D eigenvalue weighted by Gasteiger charge is -2.12. The van der Waals surface area contributed by atoms with Gasteiger partial charge in [-0.05, 0) is 43.2 Å². The van der Waals surface area contributed by atoms with Gasteiger partial charge in [0, 0.05) is 35.8 Å². The zero-order chi connectivity index (χ0) is 22.5. The molecule has 32 heavy (non-hydrogen) atoms. The molecule has 1 aliphatic carbocycles. The fourth-order valence-electron chi connectivity index (χ4n) is 3.54. The molecule has 0 unspecified atom stereocenters. The minimum absolute atomic E-state index is 0.0956. The number of benzene rings is 1. The Labute approximate surface area is 186 Å². The van der Waals surface area contributed by atoms with Crippen LogP contribution in [0.2, 0.25) is 0 Å². The summed E-state index contributed by atoms with van der Waals surface area (Å²) in [6.07, 6.45) is 4.51. The molecule has 1 aliphatic rings. The van der Waals surface area contributed by atoms with Gasteiger partial charge in [-0.2, -0.15) is 4.98 Å². The first-order chi connectivity index (χ1) is 15.6. The van der Waals surface area contributed by atoms with Gasteiger partial charge in [-0.1, -0.05) is 12.1 Å². The lowest BCUT2D eigenvalue weighted by Crippen LogP contribution is -2.26. The molecule has 1 saturated carbocycles. The number of aromatic nitrogens is 3. The molecule has 1 amide bonds. The first-order valence-corrected chi connectivity index (χ1v) is 10.5. The fraction of sp³-hybridized carbons (Fsp3) is 0.333. The Morgan fingerprint density at radius 1 is 1.16 bits per heavy atom. The molecule has 8 heteroatoms. The molecule has 0 saturated heterocycles. The highest BCUT2D eigenvalue weighted by molar-refractivity contribution is 5.94. The van der Waals surface area contributed by atoms with Crippen molar-refractivity contribution in [2.24, 2.45) is 5.92 Å². The van der Waals surface area contributed by atoms with Crippen molar-refractivity contribution in [2.75, 3.05) is 26.9 Å². The van der Waals surface area contributed by atoms with Crippen LogP contribution in [0, 0.1) is 12.8 Å². The van der Waals surface area contributed by atoms with E-state index in [-0.39, 0.29) is 19.1 Å². The first kappa shape index (κ1) is 21.7. The Morgan fingerprint density at radius 3 is 2.66 bits per heavy atom. The fourth-order valence-corrected chi connectivity index (χ4v) is 3.54. The van der Waals surface area contributed by atoms with E-state index in [9.17, 15) is 4.79 Å². The van der Waals surface area contributed by atoms with Crippen molar-refractivity contribution in [3.05, 3.63) is 65.9 Å². The van der Waals surface area contributed by atoms with Gasteiger partial charge in [0.25, 0.3) is 5.91 Å². The van der Waals surface area contributed by atoms with E-state index in [1.165, 1.54) is 0 Å². The number of carbonyl (C=O) groups excluding carboxylic acids is 1. The Balaban J connectivity index is 1.43. The van der Waals surface area contributed by atoms with Crippen molar-refractivity contribution in [3.63, 3.8) is 0 Å². The Hall–Kier alpha value is -3.52. The average molecular weight is 434 g/mol. The minimum Gasteiger partial charge on any atom is -0.495 e. The van der Waals surface area contributed by atoms with E-state index in [0.717, 1.165) is 29.0 Å². The number of rotatable bonds is 9. The van der Waals surface area contributed by atoms with Gasteiger partial charge in [-0.15, -0.1) is 0 Å². The molecule has 2 atom stereocenters. The summed E-state index contributed by atoms with van der Waals surface area (Å²) in [5.74, 6) is 2.45. The van der Waals surface area contributed by atoms with Crippen LogP contribution >= 0.6 is 0 Å². The molecule has 1 aromatic carbocycles. The number of hydrogen-bond acceptors (Lipinski definition) is 7. The SMILES string of the molecule is COc1ccc([C@H]2C[C@@H]2COc2nc(C)ncc2-c2ccc(C(=O)NCCO)cc2)nc1. The molecular formula is C24H26N4O4. The zero-order valence-corrected chi connectivity index (χ0v) is 18.1. The summed E-state index contributed by atoms with van der Waals surface area (Å²) in [4.78, 5) is 25.3. The average Bonchev–Trinajstić information content (AvgIpc) is 3.61. The number of ether oxygens (including phenoxy) is 2. The van der Waals surface area contributed by atoms with Crippen LogP contribution in [0.15, 0.2) is 48.8 Å². The number of carbonyl (C=O) groups is 1. The summed E-state index contributed by atoms with van der Waals surface area (Å²) < 4.78 is 11.3. The molecule has 2 aromatic heterocycles. The molecule has 8 nitrogen and oxygen atoms in total. The number of nitrogens with one attached hydrogen (secondary N) is 1. The smallest absolute Gasteiger partial charge is 0.251 e. The number of aliphatic hydroxyl groups excluding tert-OH is 1. The van der Waals surface area contributed by atoms with E-state index in [4.69, 9.17) is 14.6 Å². The number of aliphatic hydroxyl groups is 1. The molecule has 2 heterocycles. The highest BCUT2D eigenvalue weighted by Gasteiger charge is 2.40.